The van der Waals surface area contributed by atoms with Gasteiger partial charge in [-0.1, -0.05) is 13.8 Å². The molecule has 0 aliphatic heterocycles. The summed E-state index contributed by atoms with van der Waals surface area (Å²) in [4.78, 5) is 24.6. The monoisotopic (exact) mass is 229 g/mol. The lowest BCUT2D eigenvalue weighted by Gasteiger charge is -2.29. The van der Waals surface area contributed by atoms with Crippen LogP contribution >= 0.6 is 0 Å². The molecule has 16 heavy (non-hydrogen) atoms. The highest BCUT2D eigenvalue weighted by molar-refractivity contribution is 5.83. The standard InChI is InChI=1S/C12H23NO3/c1-8(2)11(14)7-16-12(15)13(9(3)4)10(5)6/h8-10H,7H2,1-6H3. The first-order chi connectivity index (χ1) is 7.27. The molecule has 4 heteroatoms. The highest BCUT2D eigenvalue weighted by Gasteiger charge is 2.22. The van der Waals surface area contributed by atoms with Crippen molar-refractivity contribution in [1.29, 1.82) is 0 Å². The third-order valence-corrected chi connectivity index (χ3v) is 2.31. The molecule has 0 saturated heterocycles. The Morgan fingerprint density at radius 2 is 1.44 bits per heavy atom. The molecule has 0 spiro atoms. The summed E-state index contributed by atoms with van der Waals surface area (Å²) in [5, 5.41) is 0. The van der Waals surface area contributed by atoms with E-state index in [1.807, 2.05) is 27.7 Å². The number of amides is 1. The maximum absolute atomic E-state index is 11.7. The van der Waals surface area contributed by atoms with Crippen LogP contribution in [0.25, 0.3) is 0 Å². The van der Waals surface area contributed by atoms with Crippen molar-refractivity contribution in [3.05, 3.63) is 0 Å². The first-order valence-electron chi connectivity index (χ1n) is 5.75. The van der Waals surface area contributed by atoms with Gasteiger partial charge in [-0.3, -0.25) is 4.79 Å². The summed E-state index contributed by atoms with van der Waals surface area (Å²) >= 11 is 0. The normalized spacial score (nSPS) is 11.1. The maximum atomic E-state index is 11.7. The number of Topliss-reactive ketones (excluding diaryl/α,β-unsaturated/α-hetero) is 1. The van der Waals surface area contributed by atoms with Gasteiger partial charge in [0.05, 0.1) is 0 Å². The van der Waals surface area contributed by atoms with Gasteiger partial charge in [-0.25, -0.2) is 4.79 Å². The van der Waals surface area contributed by atoms with E-state index in [1.165, 1.54) is 0 Å². The van der Waals surface area contributed by atoms with Gasteiger partial charge in [-0.2, -0.15) is 0 Å². The average molecular weight is 229 g/mol. The second-order valence-electron chi connectivity index (χ2n) is 4.77. The Kier molecular flexibility index (Phi) is 6.08. The van der Waals surface area contributed by atoms with Gasteiger partial charge in [-0.15, -0.1) is 0 Å². The van der Waals surface area contributed by atoms with Crippen molar-refractivity contribution in [2.24, 2.45) is 5.92 Å². The van der Waals surface area contributed by atoms with E-state index in [9.17, 15) is 9.59 Å². The van der Waals surface area contributed by atoms with E-state index in [1.54, 1.807) is 18.7 Å². The van der Waals surface area contributed by atoms with Crippen LogP contribution in [-0.2, 0) is 9.53 Å². The zero-order chi connectivity index (χ0) is 12.9. The molecule has 1 amide bonds. The maximum Gasteiger partial charge on any atom is 0.410 e. The van der Waals surface area contributed by atoms with Crippen LogP contribution in [0, 0.1) is 5.92 Å². The molecule has 0 radical (unpaired) electrons. The summed E-state index contributed by atoms with van der Waals surface area (Å²) in [5.74, 6) is -0.153. The average Bonchev–Trinajstić information content (AvgIpc) is 2.12. The quantitative estimate of drug-likeness (QED) is 0.727. The molecule has 0 unspecified atom stereocenters. The molecule has 94 valence electrons. The number of nitrogens with zero attached hydrogens (tertiary/aromatic N) is 1. The van der Waals surface area contributed by atoms with E-state index in [4.69, 9.17) is 4.74 Å². The van der Waals surface area contributed by atoms with Crippen molar-refractivity contribution in [3.63, 3.8) is 0 Å². The van der Waals surface area contributed by atoms with Crippen molar-refractivity contribution < 1.29 is 14.3 Å². The van der Waals surface area contributed by atoms with E-state index < -0.39 is 6.09 Å². The minimum Gasteiger partial charge on any atom is -0.441 e. The molecular weight excluding hydrogens is 206 g/mol. The Hall–Kier alpha value is -1.06. The molecule has 4 nitrogen and oxygen atoms in total. The highest BCUT2D eigenvalue weighted by atomic mass is 16.6. The van der Waals surface area contributed by atoms with Gasteiger partial charge in [0.2, 0.25) is 0 Å². The SMILES string of the molecule is CC(C)C(=O)COC(=O)N(C(C)C)C(C)C. The van der Waals surface area contributed by atoms with Gasteiger partial charge in [0.15, 0.2) is 12.4 Å². The first kappa shape index (κ1) is 14.9. The second kappa shape index (κ2) is 6.51. The molecule has 0 saturated carbocycles. The molecule has 0 aromatic heterocycles. The number of hydrogen-bond acceptors (Lipinski definition) is 3. The lowest BCUT2D eigenvalue weighted by atomic mass is 10.1. The lowest BCUT2D eigenvalue weighted by Crippen LogP contribution is -2.43. The number of ketones is 1. The highest BCUT2D eigenvalue weighted by Crippen LogP contribution is 2.07. The van der Waals surface area contributed by atoms with Crippen LogP contribution in [0.5, 0.6) is 0 Å². The van der Waals surface area contributed by atoms with E-state index in [0.29, 0.717) is 0 Å². The van der Waals surface area contributed by atoms with Crippen molar-refractivity contribution >= 4 is 11.9 Å². The molecule has 0 aromatic carbocycles. The second-order valence-corrected chi connectivity index (χ2v) is 4.77. The largest absolute Gasteiger partial charge is 0.441 e. The fourth-order valence-corrected chi connectivity index (χ4v) is 1.39. The molecule has 0 atom stereocenters. The number of hydrogen-bond donors (Lipinski definition) is 0. The smallest absolute Gasteiger partial charge is 0.410 e. The predicted molar refractivity (Wildman–Crippen MR) is 63.3 cm³/mol. The summed E-state index contributed by atoms with van der Waals surface area (Å²) < 4.78 is 4.99. The van der Waals surface area contributed by atoms with Crippen molar-refractivity contribution in [1.82, 2.24) is 4.90 Å². The van der Waals surface area contributed by atoms with Crippen LogP contribution in [-0.4, -0.2) is 35.5 Å². The fraction of sp³-hybridized carbons (Fsp3) is 0.833. The molecular formula is C12H23NO3. The van der Waals surface area contributed by atoms with E-state index in [-0.39, 0.29) is 30.4 Å². The van der Waals surface area contributed by atoms with Gasteiger partial charge in [0.1, 0.15) is 0 Å². The molecule has 0 fully saturated rings. The zero-order valence-corrected chi connectivity index (χ0v) is 11.1. The van der Waals surface area contributed by atoms with Gasteiger partial charge >= 0.3 is 6.09 Å². The Labute approximate surface area is 98.0 Å². The molecule has 0 bridgehead atoms. The summed E-state index contributed by atoms with van der Waals surface area (Å²) in [6.45, 7) is 11.1. The summed E-state index contributed by atoms with van der Waals surface area (Å²) in [6.07, 6.45) is -0.418. The lowest BCUT2D eigenvalue weighted by molar-refractivity contribution is -0.125. The summed E-state index contributed by atoms with van der Waals surface area (Å²) in [7, 11) is 0. The molecule has 0 rings (SSSR count). The van der Waals surface area contributed by atoms with Crippen LogP contribution in [0.15, 0.2) is 0 Å². The third kappa shape index (κ3) is 4.64. The summed E-state index contributed by atoms with van der Waals surface area (Å²) in [5.41, 5.74) is 0. The minimum absolute atomic E-state index is 0.0548. The van der Waals surface area contributed by atoms with Crippen LogP contribution in [0.3, 0.4) is 0 Å². The van der Waals surface area contributed by atoms with Gasteiger partial charge in [0.25, 0.3) is 0 Å². The van der Waals surface area contributed by atoms with Crippen LogP contribution in [0.1, 0.15) is 41.5 Å². The molecule has 0 aliphatic carbocycles. The molecule has 0 N–H and O–H groups in total. The number of carbonyl (C=O) groups excluding carboxylic acids is 2. The Bertz CT molecular complexity index is 239. The van der Waals surface area contributed by atoms with Crippen LogP contribution < -0.4 is 0 Å². The zero-order valence-electron chi connectivity index (χ0n) is 11.1. The first-order valence-corrected chi connectivity index (χ1v) is 5.75. The number of carbonyl (C=O) groups is 2. The van der Waals surface area contributed by atoms with E-state index in [0.717, 1.165) is 0 Å². The topological polar surface area (TPSA) is 46.6 Å². The number of rotatable bonds is 5. The van der Waals surface area contributed by atoms with Crippen molar-refractivity contribution in [3.8, 4) is 0 Å². The van der Waals surface area contributed by atoms with Crippen molar-refractivity contribution in [2.75, 3.05) is 6.61 Å². The fourth-order valence-electron chi connectivity index (χ4n) is 1.39. The van der Waals surface area contributed by atoms with Gasteiger partial charge < -0.3 is 9.64 Å². The molecule has 0 aliphatic rings. The Morgan fingerprint density at radius 3 is 1.75 bits per heavy atom. The van der Waals surface area contributed by atoms with E-state index in [2.05, 4.69) is 0 Å². The van der Waals surface area contributed by atoms with Gasteiger partial charge in [0, 0.05) is 18.0 Å². The van der Waals surface area contributed by atoms with Gasteiger partial charge in [-0.05, 0) is 27.7 Å². The Morgan fingerprint density at radius 1 is 1.00 bits per heavy atom. The summed E-state index contributed by atoms with van der Waals surface area (Å²) in [6, 6.07) is 0.142. The minimum atomic E-state index is -0.418. The Balaban J connectivity index is 4.28. The molecule has 0 heterocycles. The third-order valence-electron chi connectivity index (χ3n) is 2.31. The van der Waals surface area contributed by atoms with Crippen LogP contribution in [0.4, 0.5) is 4.79 Å². The molecule has 0 aromatic rings. The van der Waals surface area contributed by atoms with E-state index >= 15 is 0 Å². The van der Waals surface area contributed by atoms with Crippen LogP contribution in [0.2, 0.25) is 0 Å². The predicted octanol–water partition coefficient (Wildman–Crippen LogP) is 2.47. The number of ether oxygens (including phenoxy) is 1. The van der Waals surface area contributed by atoms with Crippen molar-refractivity contribution in [2.45, 2.75) is 53.6 Å².